The summed E-state index contributed by atoms with van der Waals surface area (Å²) in [7, 11) is 0. The Hall–Kier alpha value is -1.29. The Balaban J connectivity index is 0.00000108. The molecule has 0 fully saturated rings. The molecule has 2 heterocycles. The van der Waals surface area contributed by atoms with Crippen LogP contribution >= 0.6 is 23.7 Å². The standard InChI is InChI=1S/C13H12N2S.ClH/c14-13(12-5-2-8-16-12)10-3-1-4-11-9(10)6-7-15-11;/h1-8,13,15H,14H2;1H/t13-;/m1./s1. The van der Waals surface area contributed by atoms with Gasteiger partial charge in [0.1, 0.15) is 0 Å². The fraction of sp³-hybridized carbons (Fsp3) is 0.0769. The van der Waals surface area contributed by atoms with Crippen LogP contribution in [0.25, 0.3) is 10.9 Å². The van der Waals surface area contributed by atoms with E-state index in [2.05, 4.69) is 34.6 Å². The second-order valence-corrected chi connectivity index (χ2v) is 4.76. The molecule has 88 valence electrons. The van der Waals surface area contributed by atoms with Crippen LogP contribution in [0.15, 0.2) is 48.0 Å². The molecule has 3 N–H and O–H groups in total. The number of aromatic nitrogens is 1. The summed E-state index contributed by atoms with van der Waals surface area (Å²) in [6.07, 6.45) is 1.95. The fourth-order valence-electron chi connectivity index (χ4n) is 2.00. The Morgan fingerprint density at radius 1 is 1.12 bits per heavy atom. The van der Waals surface area contributed by atoms with Crippen LogP contribution in [0.3, 0.4) is 0 Å². The first-order valence-corrected chi connectivity index (χ1v) is 6.09. The molecule has 3 aromatic rings. The van der Waals surface area contributed by atoms with Crippen molar-refractivity contribution in [2.75, 3.05) is 0 Å². The molecule has 0 saturated heterocycles. The third-order valence-electron chi connectivity index (χ3n) is 2.81. The van der Waals surface area contributed by atoms with Gasteiger partial charge < -0.3 is 10.7 Å². The third kappa shape index (κ3) is 2.09. The second kappa shape index (κ2) is 4.92. The summed E-state index contributed by atoms with van der Waals surface area (Å²) in [4.78, 5) is 4.41. The van der Waals surface area contributed by atoms with Crippen LogP contribution in [-0.2, 0) is 0 Å². The molecule has 4 heteroatoms. The van der Waals surface area contributed by atoms with Gasteiger partial charge in [-0.3, -0.25) is 0 Å². The molecule has 1 atom stereocenters. The van der Waals surface area contributed by atoms with E-state index in [1.807, 2.05) is 18.3 Å². The number of H-pyrrole nitrogens is 1. The molecule has 0 unspecified atom stereocenters. The molecule has 0 bridgehead atoms. The third-order valence-corrected chi connectivity index (χ3v) is 3.77. The normalized spacial score (nSPS) is 12.3. The quantitative estimate of drug-likeness (QED) is 0.728. The van der Waals surface area contributed by atoms with Crippen molar-refractivity contribution in [3.63, 3.8) is 0 Å². The zero-order chi connectivity index (χ0) is 11.0. The van der Waals surface area contributed by atoms with Crippen LogP contribution in [-0.4, -0.2) is 4.98 Å². The first-order chi connectivity index (χ1) is 7.86. The fourth-order valence-corrected chi connectivity index (χ4v) is 2.75. The molecule has 0 aliphatic rings. The van der Waals surface area contributed by atoms with E-state index in [-0.39, 0.29) is 18.4 Å². The summed E-state index contributed by atoms with van der Waals surface area (Å²) in [5.41, 5.74) is 8.61. The predicted octanol–water partition coefficient (Wildman–Crippen LogP) is 3.70. The smallest absolute Gasteiger partial charge is 0.0652 e. The van der Waals surface area contributed by atoms with E-state index in [4.69, 9.17) is 5.73 Å². The molecule has 0 saturated carbocycles. The Kier molecular flexibility index (Phi) is 3.52. The zero-order valence-electron chi connectivity index (χ0n) is 9.09. The van der Waals surface area contributed by atoms with Crippen LogP contribution in [0.1, 0.15) is 16.5 Å². The Labute approximate surface area is 110 Å². The highest BCUT2D eigenvalue weighted by atomic mass is 35.5. The van der Waals surface area contributed by atoms with Gasteiger partial charge in [-0.15, -0.1) is 23.7 Å². The topological polar surface area (TPSA) is 41.8 Å². The number of nitrogens with two attached hydrogens (primary N) is 1. The highest BCUT2D eigenvalue weighted by Crippen LogP contribution is 2.28. The van der Waals surface area contributed by atoms with Crippen molar-refractivity contribution in [3.8, 4) is 0 Å². The number of nitrogens with one attached hydrogen (secondary N) is 1. The van der Waals surface area contributed by atoms with E-state index in [9.17, 15) is 0 Å². The van der Waals surface area contributed by atoms with Gasteiger partial charge in [-0.1, -0.05) is 18.2 Å². The van der Waals surface area contributed by atoms with Crippen molar-refractivity contribution in [2.24, 2.45) is 5.73 Å². The number of halogens is 1. The molecule has 2 nitrogen and oxygen atoms in total. The number of hydrogen-bond acceptors (Lipinski definition) is 2. The molecular weight excluding hydrogens is 252 g/mol. The minimum Gasteiger partial charge on any atom is -0.361 e. The highest BCUT2D eigenvalue weighted by molar-refractivity contribution is 7.10. The summed E-state index contributed by atoms with van der Waals surface area (Å²) >= 11 is 1.70. The summed E-state index contributed by atoms with van der Waals surface area (Å²) < 4.78 is 0. The van der Waals surface area contributed by atoms with E-state index in [0.29, 0.717) is 0 Å². The summed E-state index contributed by atoms with van der Waals surface area (Å²) in [5.74, 6) is 0. The molecule has 0 aliphatic carbocycles. The first kappa shape index (κ1) is 12.2. The lowest BCUT2D eigenvalue weighted by Gasteiger charge is -2.11. The number of aromatic amines is 1. The summed E-state index contributed by atoms with van der Waals surface area (Å²) in [5, 5.41) is 3.27. The average molecular weight is 265 g/mol. The molecule has 17 heavy (non-hydrogen) atoms. The predicted molar refractivity (Wildman–Crippen MR) is 75.9 cm³/mol. The molecule has 0 aliphatic heterocycles. The van der Waals surface area contributed by atoms with Crippen molar-refractivity contribution in [2.45, 2.75) is 6.04 Å². The molecule has 1 aromatic carbocycles. The minimum atomic E-state index is -0.0282. The Morgan fingerprint density at radius 3 is 2.76 bits per heavy atom. The van der Waals surface area contributed by atoms with Crippen LogP contribution < -0.4 is 5.73 Å². The van der Waals surface area contributed by atoms with Crippen LogP contribution in [0.4, 0.5) is 0 Å². The van der Waals surface area contributed by atoms with E-state index >= 15 is 0 Å². The molecule has 0 spiro atoms. The van der Waals surface area contributed by atoms with Gasteiger partial charge >= 0.3 is 0 Å². The maximum Gasteiger partial charge on any atom is 0.0652 e. The van der Waals surface area contributed by atoms with Crippen molar-refractivity contribution in [1.29, 1.82) is 0 Å². The number of hydrogen-bond donors (Lipinski definition) is 2. The van der Waals surface area contributed by atoms with E-state index < -0.39 is 0 Å². The highest BCUT2D eigenvalue weighted by Gasteiger charge is 2.12. The molecular formula is C13H13ClN2S. The number of benzene rings is 1. The van der Waals surface area contributed by atoms with Crippen LogP contribution in [0.2, 0.25) is 0 Å². The van der Waals surface area contributed by atoms with Gasteiger partial charge in [0, 0.05) is 22.0 Å². The molecule has 0 radical (unpaired) electrons. The number of fused-ring (bicyclic) bond motifs is 1. The van der Waals surface area contributed by atoms with Gasteiger partial charge in [-0.2, -0.15) is 0 Å². The lowest BCUT2D eigenvalue weighted by molar-refractivity contribution is 0.904. The van der Waals surface area contributed by atoms with Gasteiger partial charge in [-0.25, -0.2) is 0 Å². The molecule has 2 aromatic heterocycles. The van der Waals surface area contributed by atoms with E-state index in [1.165, 1.54) is 15.8 Å². The summed E-state index contributed by atoms with van der Waals surface area (Å²) in [6, 6.07) is 12.4. The van der Waals surface area contributed by atoms with Crippen molar-refractivity contribution >= 4 is 34.6 Å². The van der Waals surface area contributed by atoms with Crippen LogP contribution in [0, 0.1) is 0 Å². The number of rotatable bonds is 2. The van der Waals surface area contributed by atoms with E-state index in [1.54, 1.807) is 11.3 Å². The SMILES string of the molecule is Cl.N[C@@H](c1cccs1)c1cccc2[nH]ccc12. The minimum absolute atomic E-state index is 0. The lowest BCUT2D eigenvalue weighted by atomic mass is 10.0. The van der Waals surface area contributed by atoms with Gasteiger partial charge in [0.05, 0.1) is 6.04 Å². The van der Waals surface area contributed by atoms with Gasteiger partial charge in [-0.05, 0) is 29.1 Å². The van der Waals surface area contributed by atoms with Gasteiger partial charge in [0.2, 0.25) is 0 Å². The first-order valence-electron chi connectivity index (χ1n) is 5.21. The van der Waals surface area contributed by atoms with Gasteiger partial charge in [0.15, 0.2) is 0 Å². The van der Waals surface area contributed by atoms with E-state index in [0.717, 1.165) is 5.52 Å². The zero-order valence-corrected chi connectivity index (χ0v) is 10.7. The lowest BCUT2D eigenvalue weighted by Crippen LogP contribution is -2.10. The second-order valence-electron chi connectivity index (χ2n) is 3.78. The van der Waals surface area contributed by atoms with Crippen LogP contribution in [0.5, 0.6) is 0 Å². The van der Waals surface area contributed by atoms with Crippen molar-refractivity contribution in [1.82, 2.24) is 4.98 Å². The molecule has 3 rings (SSSR count). The summed E-state index contributed by atoms with van der Waals surface area (Å²) in [6.45, 7) is 0. The average Bonchev–Trinajstić information content (AvgIpc) is 2.98. The number of thiophene rings is 1. The maximum atomic E-state index is 6.28. The molecule has 0 amide bonds. The monoisotopic (exact) mass is 264 g/mol. The van der Waals surface area contributed by atoms with Crippen molar-refractivity contribution < 1.29 is 0 Å². The van der Waals surface area contributed by atoms with Crippen molar-refractivity contribution in [3.05, 3.63) is 58.4 Å². The Morgan fingerprint density at radius 2 is 2.00 bits per heavy atom. The van der Waals surface area contributed by atoms with Gasteiger partial charge in [0.25, 0.3) is 0 Å². The maximum absolute atomic E-state index is 6.28. The Bertz CT molecular complexity index is 601. The largest absolute Gasteiger partial charge is 0.361 e.